The number of hydrogen-bond donors (Lipinski definition) is 1. The van der Waals surface area contributed by atoms with Crippen LogP contribution < -0.4 is 4.90 Å². The molecule has 5 rings (SSSR count). The fourth-order valence-corrected chi connectivity index (χ4v) is 3.81. The molecule has 0 unspecified atom stereocenters. The summed E-state index contributed by atoms with van der Waals surface area (Å²) in [6.07, 6.45) is 6.17. The van der Waals surface area contributed by atoms with E-state index in [-0.39, 0.29) is 11.7 Å². The van der Waals surface area contributed by atoms with E-state index in [2.05, 4.69) is 16.0 Å². The Hall–Kier alpha value is -3.73. The van der Waals surface area contributed by atoms with Crippen LogP contribution in [0.1, 0.15) is 16.1 Å². The summed E-state index contributed by atoms with van der Waals surface area (Å²) in [5.41, 5.74) is 6.60. The second kappa shape index (κ2) is 7.02. The molecule has 0 radical (unpaired) electrons. The molecular weight excluding hydrogens is 365 g/mol. The van der Waals surface area contributed by atoms with Gasteiger partial charge in [0, 0.05) is 30.8 Å². The van der Waals surface area contributed by atoms with E-state index in [4.69, 9.17) is 0 Å². The van der Waals surface area contributed by atoms with Crippen molar-refractivity contribution < 1.29 is 9.18 Å². The third-order valence-corrected chi connectivity index (χ3v) is 5.32. The number of fused-ring (bicyclic) bond motifs is 1. The molecule has 4 aromatic rings. The van der Waals surface area contributed by atoms with Crippen molar-refractivity contribution >= 4 is 11.6 Å². The monoisotopic (exact) mass is 383 g/mol. The minimum atomic E-state index is -0.277. The van der Waals surface area contributed by atoms with Crippen molar-refractivity contribution in [2.75, 3.05) is 11.4 Å². The molecule has 2 aromatic carbocycles. The second-order valence-electron chi connectivity index (χ2n) is 7.10. The highest BCUT2D eigenvalue weighted by Gasteiger charge is 2.26. The average Bonchev–Trinajstić information content (AvgIpc) is 3.42. The first kappa shape index (κ1) is 17.4. The van der Waals surface area contributed by atoms with E-state index in [9.17, 15) is 9.18 Å². The van der Waals surface area contributed by atoms with Crippen LogP contribution in [0.15, 0.2) is 79.3 Å². The Morgan fingerprint density at radius 2 is 1.62 bits per heavy atom. The molecule has 2 aromatic heterocycles. The van der Waals surface area contributed by atoms with Crippen molar-refractivity contribution in [3.63, 3.8) is 0 Å². The highest BCUT2D eigenvalue weighted by Crippen LogP contribution is 2.33. The first-order valence-electron chi connectivity index (χ1n) is 9.48. The number of pyridine rings is 1. The summed E-state index contributed by atoms with van der Waals surface area (Å²) in [7, 11) is 0. The molecule has 0 fully saturated rings. The molecule has 1 N–H and O–H groups in total. The number of nitrogens with zero attached hydrogens (tertiary/aromatic N) is 2. The topological polar surface area (TPSA) is 49.0 Å². The maximum Gasteiger partial charge on any atom is 0.274 e. The van der Waals surface area contributed by atoms with Crippen LogP contribution in [0.4, 0.5) is 10.1 Å². The van der Waals surface area contributed by atoms with Gasteiger partial charge in [-0.2, -0.15) is 0 Å². The summed E-state index contributed by atoms with van der Waals surface area (Å²) in [5.74, 6) is -0.339. The summed E-state index contributed by atoms with van der Waals surface area (Å²) in [5, 5.41) is 0. The lowest BCUT2D eigenvalue weighted by molar-refractivity contribution is 0.0985. The summed E-state index contributed by atoms with van der Waals surface area (Å²) in [4.78, 5) is 22.0. The minimum absolute atomic E-state index is 0.0613. The lowest BCUT2D eigenvalue weighted by Crippen LogP contribution is -2.29. The van der Waals surface area contributed by atoms with Gasteiger partial charge in [-0.15, -0.1) is 0 Å². The van der Waals surface area contributed by atoms with Crippen molar-refractivity contribution in [2.45, 2.75) is 6.42 Å². The van der Waals surface area contributed by atoms with Gasteiger partial charge < -0.3 is 9.88 Å². The van der Waals surface area contributed by atoms with Gasteiger partial charge in [-0.25, -0.2) is 4.39 Å². The Balaban J connectivity index is 1.41. The number of H-pyrrole nitrogens is 1. The number of anilines is 1. The van der Waals surface area contributed by atoms with Gasteiger partial charge in [-0.05, 0) is 76.7 Å². The molecule has 1 amide bonds. The van der Waals surface area contributed by atoms with Crippen molar-refractivity contribution in [3.05, 3.63) is 96.3 Å². The van der Waals surface area contributed by atoms with Gasteiger partial charge in [-0.3, -0.25) is 9.78 Å². The molecule has 4 nitrogen and oxygen atoms in total. The summed E-state index contributed by atoms with van der Waals surface area (Å²) in [6, 6.07) is 18.2. The molecule has 1 aliphatic rings. The Labute approximate surface area is 167 Å². The van der Waals surface area contributed by atoms with Gasteiger partial charge in [0.05, 0.1) is 0 Å². The fraction of sp³-hybridized carbons (Fsp3) is 0.0833. The quantitative estimate of drug-likeness (QED) is 0.536. The van der Waals surface area contributed by atoms with E-state index in [1.165, 1.54) is 12.1 Å². The van der Waals surface area contributed by atoms with E-state index >= 15 is 0 Å². The lowest BCUT2D eigenvalue weighted by Gasteiger charge is -2.16. The van der Waals surface area contributed by atoms with Gasteiger partial charge in [0.15, 0.2) is 0 Å². The van der Waals surface area contributed by atoms with Crippen molar-refractivity contribution in [1.29, 1.82) is 0 Å². The first-order chi connectivity index (χ1) is 14.2. The number of amides is 1. The van der Waals surface area contributed by atoms with Crippen LogP contribution in [0.25, 0.3) is 22.3 Å². The molecule has 0 atom stereocenters. The Bertz CT molecular complexity index is 1180. The zero-order valence-electron chi connectivity index (χ0n) is 15.6. The Kier molecular flexibility index (Phi) is 4.21. The average molecular weight is 383 g/mol. The number of carbonyl (C=O) groups is 1. The van der Waals surface area contributed by atoms with E-state index in [1.54, 1.807) is 30.7 Å². The summed E-state index contributed by atoms with van der Waals surface area (Å²) in [6.45, 7) is 0.652. The van der Waals surface area contributed by atoms with Crippen LogP contribution in [0, 0.1) is 5.82 Å². The number of nitrogens with one attached hydrogen (secondary N) is 1. The van der Waals surface area contributed by atoms with Gasteiger partial charge in [0.2, 0.25) is 0 Å². The number of hydrogen-bond acceptors (Lipinski definition) is 2. The zero-order valence-corrected chi connectivity index (χ0v) is 15.6. The molecule has 0 aliphatic carbocycles. The molecular formula is C24H18FN3O. The Morgan fingerprint density at radius 1 is 0.897 bits per heavy atom. The largest absolute Gasteiger partial charge is 0.357 e. The fourth-order valence-electron chi connectivity index (χ4n) is 3.81. The molecule has 142 valence electrons. The van der Waals surface area contributed by atoms with E-state index in [0.29, 0.717) is 12.2 Å². The number of aromatic nitrogens is 2. The molecule has 29 heavy (non-hydrogen) atoms. The van der Waals surface area contributed by atoms with E-state index in [1.807, 2.05) is 35.2 Å². The molecule has 5 heteroatoms. The van der Waals surface area contributed by atoms with Gasteiger partial charge >= 0.3 is 0 Å². The Morgan fingerprint density at radius 3 is 2.41 bits per heavy atom. The summed E-state index contributed by atoms with van der Waals surface area (Å²) >= 11 is 0. The predicted molar refractivity (Wildman–Crippen MR) is 111 cm³/mol. The van der Waals surface area contributed by atoms with Crippen molar-refractivity contribution in [1.82, 2.24) is 9.97 Å². The van der Waals surface area contributed by atoms with Crippen molar-refractivity contribution in [2.24, 2.45) is 0 Å². The van der Waals surface area contributed by atoms with Crippen LogP contribution >= 0.6 is 0 Å². The van der Waals surface area contributed by atoms with Crippen LogP contribution in [-0.2, 0) is 6.42 Å². The van der Waals surface area contributed by atoms with Crippen LogP contribution in [0.5, 0.6) is 0 Å². The SMILES string of the molecule is O=C(c1cc(-c2ccc(F)cc2)c[nH]1)N1CCc2cc(-c3ccncc3)ccc21. The number of rotatable bonds is 3. The molecule has 1 aliphatic heterocycles. The third kappa shape index (κ3) is 3.21. The van der Waals surface area contributed by atoms with Crippen molar-refractivity contribution in [3.8, 4) is 22.3 Å². The van der Waals surface area contributed by atoms with Gasteiger partial charge in [-0.1, -0.05) is 18.2 Å². The maximum atomic E-state index is 13.1. The summed E-state index contributed by atoms with van der Waals surface area (Å²) < 4.78 is 13.1. The highest BCUT2D eigenvalue weighted by atomic mass is 19.1. The van der Waals surface area contributed by atoms with Gasteiger partial charge in [0.25, 0.3) is 5.91 Å². The predicted octanol–water partition coefficient (Wildman–Crippen LogP) is 5.09. The van der Waals surface area contributed by atoms with E-state index < -0.39 is 0 Å². The molecule has 0 saturated carbocycles. The maximum absolute atomic E-state index is 13.1. The minimum Gasteiger partial charge on any atom is -0.357 e. The number of aromatic amines is 1. The lowest BCUT2D eigenvalue weighted by atomic mass is 10.0. The standard InChI is InChI=1S/C24H18FN3O/c25-21-4-1-16(2-5-21)20-14-22(27-15-20)24(29)28-12-9-19-13-18(3-6-23(19)28)17-7-10-26-11-8-17/h1-8,10-11,13-15,27H,9,12H2. The van der Waals surface area contributed by atoms with Crippen LogP contribution in [0.3, 0.4) is 0 Å². The highest BCUT2D eigenvalue weighted by molar-refractivity contribution is 6.07. The molecule has 0 spiro atoms. The third-order valence-electron chi connectivity index (χ3n) is 5.32. The first-order valence-corrected chi connectivity index (χ1v) is 9.48. The molecule has 0 bridgehead atoms. The smallest absolute Gasteiger partial charge is 0.274 e. The van der Waals surface area contributed by atoms with E-state index in [0.717, 1.165) is 39.9 Å². The number of halogens is 1. The normalized spacial score (nSPS) is 12.8. The second-order valence-corrected chi connectivity index (χ2v) is 7.10. The number of carbonyl (C=O) groups excluding carboxylic acids is 1. The number of benzene rings is 2. The zero-order chi connectivity index (χ0) is 19.8. The van der Waals surface area contributed by atoms with Gasteiger partial charge in [0.1, 0.15) is 11.5 Å². The molecule has 0 saturated heterocycles. The van der Waals surface area contributed by atoms with Crippen LogP contribution in [-0.4, -0.2) is 22.4 Å². The van der Waals surface area contributed by atoms with Crippen LogP contribution in [0.2, 0.25) is 0 Å². The molecule has 3 heterocycles.